The van der Waals surface area contributed by atoms with E-state index in [1.165, 1.54) is 34.7 Å². The van der Waals surface area contributed by atoms with Crippen LogP contribution in [-0.4, -0.2) is 29.0 Å². The van der Waals surface area contributed by atoms with Crippen LogP contribution in [0.2, 0.25) is 0 Å². The molecule has 5 rings (SSSR count). The van der Waals surface area contributed by atoms with Gasteiger partial charge >= 0.3 is 0 Å². The van der Waals surface area contributed by atoms with Crippen LogP contribution >= 0.6 is 11.8 Å². The number of fused-ring (bicyclic) bond motifs is 3. The van der Waals surface area contributed by atoms with Gasteiger partial charge in [0, 0.05) is 24.1 Å². The zero-order valence-electron chi connectivity index (χ0n) is 17.9. The number of benzene rings is 3. The molecule has 3 N–H and O–H groups in total. The fraction of sp³-hybridized carbons (Fsp3) is 0.231. The van der Waals surface area contributed by atoms with Crippen molar-refractivity contribution in [1.29, 1.82) is 0 Å². The second kappa shape index (κ2) is 8.81. The highest BCUT2D eigenvalue weighted by Crippen LogP contribution is 2.37. The average Bonchev–Trinajstić information content (AvgIpc) is 3.39. The molecule has 1 saturated heterocycles. The standard InChI is InChI=1S/C26H25N3O2S/c1-16(30)27-20-8-6-17(7-9-20)12-25-29-24(15-32-25)26(31)28-21-10-11-23-19(14-21)13-18-4-2-3-5-22(18)23/h2-11,14,24-25,29H,12-13,15H2,1H3,(H,27,30)(H,28,31)/t24-,25?/m0/s1. The first kappa shape index (κ1) is 20.8. The Kier molecular flexibility index (Phi) is 5.72. The number of hydrogen-bond acceptors (Lipinski definition) is 4. The molecule has 2 amide bonds. The van der Waals surface area contributed by atoms with E-state index in [0.717, 1.165) is 30.0 Å². The zero-order chi connectivity index (χ0) is 22.1. The number of amides is 2. The third-order valence-electron chi connectivity index (χ3n) is 5.92. The summed E-state index contributed by atoms with van der Waals surface area (Å²) in [7, 11) is 0. The Morgan fingerprint density at radius 2 is 1.69 bits per heavy atom. The van der Waals surface area contributed by atoms with Crippen molar-refractivity contribution in [3.8, 4) is 11.1 Å². The van der Waals surface area contributed by atoms with Gasteiger partial charge in [-0.3, -0.25) is 14.9 Å². The molecule has 0 saturated carbocycles. The highest BCUT2D eigenvalue weighted by atomic mass is 32.2. The molecule has 1 heterocycles. The zero-order valence-corrected chi connectivity index (χ0v) is 18.7. The van der Waals surface area contributed by atoms with E-state index in [4.69, 9.17) is 0 Å². The molecule has 32 heavy (non-hydrogen) atoms. The van der Waals surface area contributed by atoms with Gasteiger partial charge in [0.1, 0.15) is 0 Å². The summed E-state index contributed by atoms with van der Waals surface area (Å²) in [4.78, 5) is 24.0. The van der Waals surface area contributed by atoms with Gasteiger partial charge in [-0.15, -0.1) is 11.8 Å². The van der Waals surface area contributed by atoms with Crippen molar-refractivity contribution in [3.63, 3.8) is 0 Å². The van der Waals surface area contributed by atoms with E-state index >= 15 is 0 Å². The van der Waals surface area contributed by atoms with Crippen molar-refractivity contribution < 1.29 is 9.59 Å². The van der Waals surface area contributed by atoms with Gasteiger partial charge in [-0.2, -0.15) is 0 Å². The minimum atomic E-state index is -0.214. The Bertz CT molecular complexity index is 1180. The predicted molar refractivity (Wildman–Crippen MR) is 131 cm³/mol. The molecule has 1 unspecified atom stereocenters. The number of nitrogens with one attached hydrogen (secondary N) is 3. The van der Waals surface area contributed by atoms with Crippen molar-refractivity contribution in [1.82, 2.24) is 5.32 Å². The second-order valence-corrected chi connectivity index (χ2v) is 9.55. The second-order valence-electron chi connectivity index (χ2n) is 8.32. The molecular weight excluding hydrogens is 418 g/mol. The topological polar surface area (TPSA) is 70.2 Å². The van der Waals surface area contributed by atoms with Crippen molar-refractivity contribution in [2.75, 3.05) is 16.4 Å². The van der Waals surface area contributed by atoms with E-state index in [1.54, 1.807) is 11.8 Å². The smallest absolute Gasteiger partial charge is 0.242 e. The van der Waals surface area contributed by atoms with Crippen LogP contribution in [0.1, 0.15) is 23.6 Å². The third-order valence-corrected chi connectivity index (χ3v) is 7.16. The SMILES string of the molecule is CC(=O)Nc1ccc(CC2N[C@H](C(=O)Nc3ccc4c(c3)Cc3ccccc3-4)CS2)cc1. The van der Waals surface area contributed by atoms with Gasteiger partial charge in [-0.05, 0) is 64.9 Å². The fourth-order valence-electron chi connectivity index (χ4n) is 4.40. The molecule has 0 bridgehead atoms. The maximum atomic E-state index is 12.9. The molecule has 0 aromatic heterocycles. The van der Waals surface area contributed by atoms with E-state index in [9.17, 15) is 9.59 Å². The Morgan fingerprint density at radius 3 is 2.50 bits per heavy atom. The highest BCUT2D eigenvalue weighted by molar-refractivity contribution is 8.00. The van der Waals surface area contributed by atoms with Crippen molar-refractivity contribution >= 4 is 35.0 Å². The molecule has 3 aromatic rings. The number of rotatable bonds is 5. The quantitative estimate of drug-likeness (QED) is 0.427. The Balaban J connectivity index is 1.17. The molecule has 0 spiro atoms. The van der Waals surface area contributed by atoms with Crippen molar-refractivity contribution in [2.24, 2.45) is 0 Å². The highest BCUT2D eigenvalue weighted by Gasteiger charge is 2.30. The molecule has 1 aliphatic heterocycles. The summed E-state index contributed by atoms with van der Waals surface area (Å²) >= 11 is 1.77. The molecule has 162 valence electrons. The maximum Gasteiger partial charge on any atom is 0.242 e. The lowest BCUT2D eigenvalue weighted by atomic mass is 10.1. The largest absolute Gasteiger partial charge is 0.326 e. The fourth-order valence-corrected chi connectivity index (χ4v) is 5.64. The van der Waals surface area contributed by atoms with Crippen LogP contribution in [0.5, 0.6) is 0 Å². The number of thioether (sulfide) groups is 1. The van der Waals surface area contributed by atoms with Crippen LogP contribution in [-0.2, 0) is 22.4 Å². The minimum absolute atomic E-state index is 0.0106. The lowest BCUT2D eigenvalue weighted by Gasteiger charge is -2.14. The molecule has 5 nitrogen and oxygen atoms in total. The van der Waals surface area contributed by atoms with E-state index in [1.807, 2.05) is 30.3 Å². The van der Waals surface area contributed by atoms with Gasteiger partial charge < -0.3 is 10.6 Å². The van der Waals surface area contributed by atoms with E-state index in [2.05, 4.69) is 52.3 Å². The minimum Gasteiger partial charge on any atom is -0.326 e. The lowest BCUT2D eigenvalue weighted by Crippen LogP contribution is -2.40. The maximum absolute atomic E-state index is 12.9. The first-order valence-electron chi connectivity index (χ1n) is 10.8. The van der Waals surface area contributed by atoms with Crippen LogP contribution in [0.3, 0.4) is 0 Å². The summed E-state index contributed by atoms with van der Waals surface area (Å²) in [5.41, 5.74) is 7.97. The van der Waals surface area contributed by atoms with Crippen LogP contribution in [0.25, 0.3) is 11.1 Å². The molecule has 2 atom stereocenters. The monoisotopic (exact) mass is 443 g/mol. The van der Waals surface area contributed by atoms with Gasteiger partial charge in [-0.25, -0.2) is 0 Å². The Morgan fingerprint density at radius 1 is 0.938 bits per heavy atom. The summed E-state index contributed by atoms with van der Waals surface area (Å²) in [6.45, 7) is 1.50. The normalized spacial score (nSPS) is 18.7. The number of anilines is 2. The van der Waals surface area contributed by atoms with Gasteiger partial charge in [-0.1, -0.05) is 42.5 Å². The molecular formula is C26H25N3O2S. The number of hydrogen-bond donors (Lipinski definition) is 3. The predicted octanol–water partition coefficient (Wildman–Crippen LogP) is 4.43. The summed E-state index contributed by atoms with van der Waals surface area (Å²) in [5, 5.41) is 9.52. The molecule has 3 aromatic carbocycles. The number of carbonyl (C=O) groups is 2. The molecule has 6 heteroatoms. The number of carbonyl (C=O) groups excluding carboxylic acids is 2. The lowest BCUT2D eigenvalue weighted by molar-refractivity contribution is -0.117. The van der Waals surface area contributed by atoms with Gasteiger partial charge in [0.25, 0.3) is 0 Å². The van der Waals surface area contributed by atoms with Gasteiger partial charge in [0.05, 0.1) is 11.4 Å². The summed E-state index contributed by atoms with van der Waals surface area (Å²) in [5.74, 6) is 0.681. The summed E-state index contributed by atoms with van der Waals surface area (Å²) in [6.07, 6.45) is 1.74. The average molecular weight is 444 g/mol. The van der Waals surface area contributed by atoms with Gasteiger partial charge in [0.15, 0.2) is 0 Å². The molecule has 1 fully saturated rings. The third kappa shape index (κ3) is 4.42. The van der Waals surface area contributed by atoms with Crippen molar-refractivity contribution in [2.45, 2.75) is 31.2 Å². The van der Waals surface area contributed by atoms with Crippen LogP contribution < -0.4 is 16.0 Å². The summed E-state index contributed by atoms with van der Waals surface area (Å²) < 4.78 is 0. The van der Waals surface area contributed by atoms with Crippen LogP contribution in [0.4, 0.5) is 11.4 Å². The Labute approximate surface area is 192 Å². The summed E-state index contributed by atoms with van der Waals surface area (Å²) in [6, 6.07) is 22.3. The van der Waals surface area contributed by atoms with E-state index in [-0.39, 0.29) is 23.2 Å². The first-order valence-corrected chi connectivity index (χ1v) is 11.9. The molecule has 1 aliphatic carbocycles. The van der Waals surface area contributed by atoms with E-state index < -0.39 is 0 Å². The molecule has 0 radical (unpaired) electrons. The first-order chi connectivity index (χ1) is 15.5. The van der Waals surface area contributed by atoms with Gasteiger partial charge in [0.2, 0.25) is 11.8 Å². The Hall–Kier alpha value is -3.09. The molecule has 2 aliphatic rings. The van der Waals surface area contributed by atoms with Crippen LogP contribution in [0, 0.1) is 0 Å². The van der Waals surface area contributed by atoms with E-state index in [0.29, 0.717) is 0 Å². The van der Waals surface area contributed by atoms with Crippen molar-refractivity contribution in [3.05, 3.63) is 83.4 Å². The van der Waals surface area contributed by atoms with Crippen LogP contribution in [0.15, 0.2) is 66.7 Å².